The fourth-order valence-corrected chi connectivity index (χ4v) is 2.25. The molecule has 23 heavy (non-hydrogen) atoms. The molecule has 1 aromatic carbocycles. The Labute approximate surface area is 132 Å². The monoisotopic (exact) mass is 328 g/mol. The fraction of sp³-hybridized carbons (Fsp3) is 0.533. The first kappa shape index (κ1) is 17.6. The van der Waals surface area contributed by atoms with Crippen LogP contribution in [0.15, 0.2) is 18.2 Å². The topological polar surface area (TPSA) is 126 Å². The van der Waals surface area contributed by atoms with Crippen LogP contribution in [0.4, 0.5) is 0 Å². The lowest BCUT2D eigenvalue weighted by Crippen LogP contribution is -2.60. The van der Waals surface area contributed by atoms with Gasteiger partial charge in [-0.1, -0.05) is 0 Å². The lowest BCUT2D eigenvalue weighted by atomic mass is 9.99. The van der Waals surface area contributed by atoms with E-state index in [4.69, 9.17) is 19.3 Å². The quantitative estimate of drug-likeness (QED) is 0.494. The summed E-state index contributed by atoms with van der Waals surface area (Å²) in [4.78, 5) is 10.8. The second-order valence-electron chi connectivity index (χ2n) is 5.07. The average molecular weight is 328 g/mol. The van der Waals surface area contributed by atoms with E-state index in [1.54, 1.807) is 6.92 Å². The van der Waals surface area contributed by atoms with E-state index in [2.05, 4.69) is 0 Å². The van der Waals surface area contributed by atoms with E-state index in [1.807, 2.05) is 0 Å². The standard InChI is InChI=1S/C15H20O8/c1-2-21-10-5-8(6-16)3-4-9(10)22-15-14(20)13(19)12(18)11(7-17)23-15/h3-6,11-15,17-20H,2,7H2,1H3/t11-,12-,13+,14-,15-/m1/s1. The first-order valence-corrected chi connectivity index (χ1v) is 7.21. The van der Waals surface area contributed by atoms with E-state index in [-0.39, 0.29) is 11.5 Å². The van der Waals surface area contributed by atoms with Gasteiger partial charge in [0, 0.05) is 5.56 Å². The van der Waals surface area contributed by atoms with Crippen LogP contribution in [0.5, 0.6) is 11.5 Å². The summed E-state index contributed by atoms with van der Waals surface area (Å²) in [5, 5.41) is 38.6. The first-order valence-electron chi connectivity index (χ1n) is 7.21. The van der Waals surface area contributed by atoms with Gasteiger partial charge in [0.1, 0.15) is 30.7 Å². The maximum atomic E-state index is 10.8. The van der Waals surface area contributed by atoms with Crippen molar-refractivity contribution < 1.29 is 39.4 Å². The fourth-order valence-electron chi connectivity index (χ4n) is 2.25. The van der Waals surface area contributed by atoms with Gasteiger partial charge in [-0.25, -0.2) is 0 Å². The van der Waals surface area contributed by atoms with Gasteiger partial charge in [-0.15, -0.1) is 0 Å². The predicted octanol–water partition coefficient (Wildman–Crippen LogP) is -0.924. The Bertz CT molecular complexity index is 532. The zero-order valence-electron chi connectivity index (χ0n) is 12.5. The molecule has 1 saturated heterocycles. The largest absolute Gasteiger partial charge is 0.490 e. The molecule has 128 valence electrons. The number of benzene rings is 1. The molecule has 0 unspecified atom stereocenters. The molecule has 8 heteroatoms. The number of hydrogen-bond donors (Lipinski definition) is 4. The lowest BCUT2D eigenvalue weighted by Gasteiger charge is -2.39. The Morgan fingerprint density at radius 1 is 1.17 bits per heavy atom. The van der Waals surface area contributed by atoms with Gasteiger partial charge in [0.05, 0.1) is 13.2 Å². The molecule has 0 aromatic heterocycles. The number of carbonyl (C=O) groups excluding carboxylic acids is 1. The van der Waals surface area contributed by atoms with Crippen molar-refractivity contribution in [3.05, 3.63) is 23.8 Å². The molecule has 0 amide bonds. The van der Waals surface area contributed by atoms with Crippen molar-refractivity contribution in [2.45, 2.75) is 37.6 Å². The molecule has 2 rings (SSSR count). The molecule has 1 heterocycles. The van der Waals surface area contributed by atoms with E-state index in [9.17, 15) is 20.1 Å². The molecule has 8 nitrogen and oxygen atoms in total. The van der Waals surface area contributed by atoms with Crippen LogP contribution in [-0.2, 0) is 4.74 Å². The minimum absolute atomic E-state index is 0.196. The highest BCUT2D eigenvalue weighted by molar-refractivity contribution is 5.76. The van der Waals surface area contributed by atoms with Gasteiger partial charge in [-0.05, 0) is 25.1 Å². The van der Waals surface area contributed by atoms with Crippen LogP contribution < -0.4 is 9.47 Å². The lowest BCUT2D eigenvalue weighted by molar-refractivity contribution is -0.277. The van der Waals surface area contributed by atoms with Crippen molar-refractivity contribution in [3.8, 4) is 11.5 Å². The van der Waals surface area contributed by atoms with Gasteiger partial charge in [0.2, 0.25) is 6.29 Å². The molecule has 4 N–H and O–H groups in total. The molecule has 0 aliphatic carbocycles. The number of carbonyl (C=O) groups is 1. The second-order valence-corrected chi connectivity index (χ2v) is 5.07. The summed E-state index contributed by atoms with van der Waals surface area (Å²) in [5.74, 6) is 0.468. The Kier molecular flexibility index (Phi) is 5.91. The summed E-state index contributed by atoms with van der Waals surface area (Å²) in [6.45, 7) is 1.53. The van der Waals surface area contributed by atoms with Crippen LogP contribution in [0.25, 0.3) is 0 Å². The Hall–Kier alpha value is -1.71. The molecular weight excluding hydrogens is 308 g/mol. The number of aliphatic hydroxyl groups is 4. The smallest absolute Gasteiger partial charge is 0.229 e. The summed E-state index contributed by atoms with van der Waals surface area (Å²) in [6, 6.07) is 4.43. The zero-order chi connectivity index (χ0) is 17.0. The van der Waals surface area contributed by atoms with Gasteiger partial charge in [-0.3, -0.25) is 4.79 Å². The third-order valence-corrected chi connectivity index (χ3v) is 3.50. The SMILES string of the molecule is CCOc1cc(C=O)ccc1O[C@@H]1O[C@H](CO)[C@@H](O)[C@H](O)[C@H]1O. The first-order chi connectivity index (χ1) is 11.0. The molecule has 1 aromatic rings. The van der Waals surface area contributed by atoms with Crippen molar-refractivity contribution in [2.75, 3.05) is 13.2 Å². The number of rotatable bonds is 6. The molecular formula is C15H20O8. The molecule has 5 atom stereocenters. The van der Waals surface area contributed by atoms with Gasteiger partial charge in [0.25, 0.3) is 0 Å². The summed E-state index contributed by atoms with van der Waals surface area (Å²) < 4.78 is 16.1. The number of hydrogen-bond acceptors (Lipinski definition) is 8. The maximum Gasteiger partial charge on any atom is 0.229 e. The van der Waals surface area contributed by atoms with Crippen molar-refractivity contribution in [1.29, 1.82) is 0 Å². The van der Waals surface area contributed by atoms with E-state index in [0.29, 0.717) is 18.5 Å². The number of aliphatic hydroxyl groups excluding tert-OH is 4. The number of aldehydes is 1. The molecule has 1 aliphatic heterocycles. The molecule has 1 fully saturated rings. The summed E-state index contributed by atoms with van der Waals surface area (Å²) in [5.41, 5.74) is 0.384. The van der Waals surface area contributed by atoms with E-state index >= 15 is 0 Å². The van der Waals surface area contributed by atoms with E-state index in [0.717, 1.165) is 0 Å². The summed E-state index contributed by atoms with van der Waals surface area (Å²) >= 11 is 0. The van der Waals surface area contributed by atoms with Gasteiger partial charge in [-0.2, -0.15) is 0 Å². The second kappa shape index (κ2) is 7.71. The number of ether oxygens (including phenoxy) is 3. The van der Waals surface area contributed by atoms with Gasteiger partial charge in [0.15, 0.2) is 11.5 Å². The zero-order valence-corrected chi connectivity index (χ0v) is 12.5. The Balaban J connectivity index is 2.21. The molecule has 1 aliphatic rings. The van der Waals surface area contributed by atoms with Crippen LogP contribution >= 0.6 is 0 Å². The highest BCUT2D eigenvalue weighted by Crippen LogP contribution is 2.31. The van der Waals surface area contributed by atoms with Crippen molar-refractivity contribution >= 4 is 6.29 Å². The minimum Gasteiger partial charge on any atom is -0.490 e. The van der Waals surface area contributed by atoms with Crippen molar-refractivity contribution in [1.82, 2.24) is 0 Å². The highest BCUT2D eigenvalue weighted by Gasteiger charge is 2.44. The normalized spacial score (nSPS) is 30.7. The summed E-state index contributed by atoms with van der Waals surface area (Å²) in [6.07, 6.45) is -6.24. The van der Waals surface area contributed by atoms with Crippen LogP contribution in [0.3, 0.4) is 0 Å². The maximum absolute atomic E-state index is 10.8. The van der Waals surface area contributed by atoms with Crippen LogP contribution in [0, 0.1) is 0 Å². The average Bonchev–Trinajstić information content (AvgIpc) is 2.56. The van der Waals surface area contributed by atoms with Gasteiger partial charge < -0.3 is 34.6 Å². The molecule has 0 spiro atoms. The van der Waals surface area contributed by atoms with Crippen molar-refractivity contribution in [3.63, 3.8) is 0 Å². The van der Waals surface area contributed by atoms with E-state index in [1.165, 1.54) is 18.2 Å². The Morgan fingerprint density at radius 2 is 1.91 bits per heavy atom. The van der Waals surface area contributed by atoms with Crippen LogP contribution in [0.2, 0.25) is 0 Å². The third-order valence-electron chi connectivity index (χ3n) is 3.50. The van der Waals surface area contributed by atoms with Crippen LogP contribution in [0.1, 0.15) is 17.3 Å². The predicted molar refractivity (Wildman–Crippen MR) is 77.4 cm³/mol. The summed E-state index contributed by atoms with van der Waals surface area (Å²) in [7, 11) is 0. The van der Waals surface area contributed by atoms with E-state index < -0.39 is 37.3 Å². The third kappa shape index (κ3) is 3.80. The van der Waals surface area contributed by atoms with Crippen LogP contribution in [-0.4, -0.2) is 70.6 Å². The Morgan fingerprint density at radius 3 is 2.52 bits per heavy atom. The van der Waals surface area contributed by atoms with Crippen molar-refractivity contribution in [2.24, 2.45) is 0 Å². The minimum atomic E-state index is -1.53. The molecule has 0 bridgehead atoms. The highest BCUT2D eigenvalue weighted by atomic mass is 16.7. The molecule has 0 radical (unpaired) electrons. The van der Waals surface area contributed by atoms with Gasteiger partial charge >= 0.3 is 0 Å². The molecule has 0 saturated carbocycles.